The minimum Gasteiger partial charge on any atom is -0.493 e. The van der Waals surface area contributed by atoms with E-state index in [2.05, 4.69) is 15.9 Å². The van der Waals surface area contributed by atoms with Gasteiger partial charge in [0.25, 0.3) is 0 Å². The predicted octanol–water partition coefficient (Wildman–Crippen LogP) is 3.49. The molecule has 2 N–H and O–H groups in total. The van der Waals surface area contributed by atoms with E-state index in [-0.39, 0.29) is 5.54 Å². The Morgan fingerprint density at radius 2 is 2.06 bits per heavy atom. The average molecular weight is 284 g/mol. The lowest BCUT2D eigenvalue weighted by Gasteiger charge is -2.23. The summed E-state index contributed by atoms with van der Waals surface area (Å²) in [5, 5.41) is 0. The summed E-state index contributed by atoms with van der Waals surface area (Å²) in [5.41, 5.74) is 6.30. The summed E-state index contributed by atoms with van der Waals surface area (Å²) in [5.74, 6) is 0.913. The zero-order valence-corrected chi connectivity index (χ0v) is 11.0. The van der Waals surface area contributed by atoms with Gasteiger partial charge >= 0.3 is 0 Å². The van der Waals surface area contributed by atoms with E-state index in [1.54, 1.807) is 0 Å². The van der Waals surface area contributed by atoms with Crippen LogP contribution in [0.15, 0.2) is 28.7 Å². The van der Waals surface area contributed by atoms with Crippen LogP contribution in [0.1, 0.15) is 32.1 Å². The molecule has 1 aliphatic carbocycles. The van der Waals surface area contributed by atoms with Crippen molar-refractivity contribution in [3.05, 3.63) is 28.7 Å². The van der Waals surface area contributed by atoms with E-state index in [0.29, 0.717) is 6.61 Å². The highest BCUT2D eigenvalue weighted by molar-refractivity contribution is 9.10. The zero-order chi connectivity index (χ0) is 11.4. The fourth-order valence-corrected chi connectivity index (χ4v) is 2.64. The van der Waals surface area contributed by atoms with Gasteiger partial charge in [-0.1, -0.05) is 34.8 Å². The van der Waals surface area contributed by atoms with Crippen LogP contribution < -0.4 is 10.5 Å². The van der Waals surface area contributed by atoms with Gasteiger partial charge in [-0.05, 0) is 37.5 Å². The molecule has 0 unspecified atom stereocenters. The van der Waals surface area contributed by atoms with Gasteiger partial charge in [-0.2, -0.15) is 0 Å². The molecule has 1 fully saturated rings. The Hall–Kier alpha value is -0.540. The molecule has 0 heterocycles. The molecule has 1 saturated carbocycles. The van der Waals surface area contributed by atoms with Crippen LogP contribution in [-0.4, -0.2) is 12.1 Å². The Morgan fingerprint density at radius 1 is 1.31 bits per heavy atom. The summed E-state index contributed by atoms with van der Waals surface area (Å²) < 4.78 is 6.75. The number of rotatable bonds is 4. The molecule has 0 aliphatic heterocycles. The first-order chi connectivity index (χ1) is 7.68. The molecule has 0 radical (unpaired) electrons. The highest BCUT2D eigenvalue weighted by Gasteiger charge is 2.28. The van der Waals surface area contributed by atoms with Gasteiger partial charge in [0.15, 0.2) is 0 Å². The van der Waals surface area contributed by atoms with Gasteiger partial charge in [-0.3, -0.25) is 0 Å². The second kappa shape index (κ2) is 5.19. The molecule has 1 aromatic rings. The van der Waals surface area contributed by atoms with Crippen LogP contribution in [0.3, 0.4) is 0 Å². The maximum atomic E-state index is 6.26. The van der Waals surface area contributed by atoms with Gasteiger partial charge in [0, 0.05) is 10.0 Å². The lowest BCUT2D eigenvalue weighted by atomic mass is 9.95. The van der Waals surface area contributed by atoms with Crippen LogP contribution in [0.25, 0.3) is 0 Å². The van der Waals surface area contributed by atoms with Gasteiger partial charge in [-0.25, -0.2) is 0 Å². The maximum absolute atomic E-state index is 6.26. The van der Waals surface area contributed by atoms with Gasteiger partial charge in [0.05, 0.1) is 6.61 Å². The van der Waals surface area contributed by atoms with E-state index in [1.165, 1.54) is 12.8 Å². The fourth-order valence-electron chi connectivity index (χ4n) is 2.26. The molecule has 0 spiro atoms. The molecule has 0 saturated heterocycles. The molecule has 1 aromatic carbocycles. The molecule has 0 atom stereocenters. The van der Waals surface area contributed by atoms with Crippen LogP contribution in [0.2, 0.25) is 0 Å². The number of benzene rings is 1. The average Bonchev–Trinajstić information content (AvgIpc) is 2.65. The van der Waals surface area contributed by atoms with Gasteiger partial charge in [-0.15, -0.1) is 0 Å². The Kier molecular flexibility index (Phi) is 3.87. The second-order valence-corrected chi connectivity index (χ2v) is 5.54. The monoisotopic (exact) mass is 283 g/mol. The second-order valence-electron chi connectivity index (χ2n) is 4.63. The van der Waals surface area contributed by atoms with Gasteiger partial charge in [0.1, 0.15) is 5.75 Å². The van der Waals surface area contributed by atoms with E-state index >= 15 is 0 Å². The molecule has 0 aromatic heterocycles. The molecular formula is C13H18BrNO. The van der Waals surface area contributed by atoms with Crippen LogP contribution in [0.4, 0.5) is 0 Å². The summed E-state index contributed by atoms with van der Waals surface area (Å²) in [6.45, 7) is 0.715. The molecule has 1 aliphatic rings. The van der Waals surface area contributed by atoms with Crippen molar-refractivity contribution >= 4 is 15.9 Å². The van der Waals surface area contributed by atoms with E-state index in [9.17, 15) is 0 Å². The van der Waals surface area contributed by atoms with Crippen LogP contribution in [-0.2, 0) is 0 Å². The van der Waals surface area contributed by atoms with Gasteiger partial charge in [0.2, 0.25) is 0 Å². The largest absolute Gasteiger partial charge is 0.493 e. The van der Waals surface area contributed by atoms with Crippen molar-refractivity contribution in [2.75, 3.05) is 6.61 Å². The summed E-state index contributed by atoms with van der Waals surface area (Å²) in [6, 6.07) is 7.93. The molecular weight excluding hydrogens is 266 g/mol. The van der Waals surface area contributed by atoms with Gasteiger partial charge < -0.3 is 10.5 Å². The Balaban J connectivity index is 1.79. The van der Waals surface area contributed by atoms with Crippen molar-refractivity contribution in [2.45, 2.75) is 37.6 Å². The third-order valence-electron chi connectivity index (χ3n) is 3.26. The van der Waals surface area contributed by atoms with Crippen LogP contribution in [0, 0.1) is 0 Å². The zero-order valence-electron chi connectivity index (χ0n) is 9.42. The first kappa shape index (κ1) is 11.9. The van der Waals surface area contributed by atoms with Crippen LogP contribution >= 0.6 is 15.9 Å². The first-order valence-corrected chi connectivity index (χ1v) is 6.65. The normalized spacial score (nSPS) is 18.6. The van der Waals surface area contributed by atoms with Crippen LogP contribution in [0.5, 0.6) is 5.75 Å². The predicted molar refractivity (Wildman–Crippen MR) is 69.6 cm³/mol. The Morgan fingerprint density at radius 3 is 2.75 bits per heavy atom. The van der Waals surface area contributed by atoms with E-state index < -0.39 is 0 Å². The topological polar surface area (TPSA) is 35.2 Å². The third-order valence-corrected chi connectivity index (χ3v) is 3.76. The molecule has 2 nitrogen and oxygen atoms in total. The lowest BCUT2D eigenvalue weighted by molar-refractivity contribution is 0.258. The lowest BCUT2D eigenvalue weighted by Crippen LogP contribution is -2.37. The summed E-state index contributed by atoms with van der Waals surface area (Å²) >= 11 is 3.43. The summed E-state index contributed by atoms with van der Waals surface area (Å²) in [6.07, 6.45) is 5.80. The molecule has 2 rings (SSSR count). The standard InChI is InChI=1S/C13H18BrNO/c14-11-4-3-5-12(10-11)16-9-8-13(15)6-1-2-7-13/h3-5,10H,1-2,6-9,15H2. The minimum absolute atomic E-state index is 0.0337. The van der Waals surface area contributed by atoms with Crippen molar-refractivity contribution in [3.8, 4) is 5.75 Å². The summed E-state index contributed by atoms with van der Waals surface area (Å²) in [7, 11) is 0. The number of halogens is 1. The highest BCUT2D eigenvalue weighted by atomic mass is 79.9. The number of hydrogen-bond donors (Lipinski definition) is 1. The van der Waals surface area contributed by atoms with Crippen molar-refractivity contribution in [1.29, 1.82) is 0 Å². The fraction of sp³-hybridized carbons (Fsp3) is 0.538. The van der Waals surface area contributed by atoms with E-state index in [4.69, 9.17) is 10.5 Å². The number of hydrogen-bond acceptors (Lipinski definition) is 2. The minimum atomic E-state index is 0.0337. The van der Waals surface area contributed by atoms with Crippen molar-refractivity contribution < 1.29 is 4.74 Å². The molecule has 0 bridgehead atoms. The SMILES string of the molecule is NC1(CCOc2cccc(Br)c2)CCCC1. The third kappa shape index (κ3) is 3.22. The quantitative estimate of drug-likeness (QED) is 0.918. The number of nitrogens with two attached hydrogens (primary N) is 1. The molecule has 88 valence electrons. The van der Waals surface area contributed by atoms with E-state index in [0.717, 1.165) is 29.5 Å². The number of ether oxygens (including phenoxy) is 1. The Labute approximate surface area is 105 Å². The Bertz CT molecular complexity index is 348. The summed E-state index contributed by atoms with van der Waals surface area (Å²) in [4.78, 5) is 0. The van der Waals surface area contributed by atoms with E-state index in [1.807, 2.05) is 24.3 Å². The van der Waals surface area contributed by atoms with Crippen molar-refractivity contribution in [2.24, 2.45) is 5.73 Å². The first-order valence-electron chi connectivity index (χ1n) is 5.85. The smallest absolute Gasteiger partial charge is 0.120 e. The molecule has 3 heteroatoms. The maximum Gasteiger partial charge on any atom is 0.120 e. The van der Waals surface area contributed by atoms with Crippen molar-refractivity contribution in [1.82, 2.24) is 0 Å². The molecule has 0 amide bonds. The molecule has 16 heavy (non-hydrogen) atoms. The highest BCUT2D eigenvalue weighted by Crippen LogP contribution is 2.30. The van der Waals surface area contributed by atoms with Crippen molar-refractivity contribution in [3.63, 3.8) is 0 Å².